The monoisotopic (exact) mass is 889 g/mol. The molecular formula is C59H100O5. The van der Waals surface area contributed by atoms with E-state index >= 15 is 0 Å². The molecule has 0 bridgehead atoms. The number of hydrogen-bond donors (Lipinski definition) is 0. The topological polar surface area (TPSA) is 61.8 Å². The molecule has 1 atom stereocenters. The quantitative estimate of drug-likeness (QED) is 0.0346. The largest absolute Gasteiger partial charge is 0.462 e. The van der Waals surface area contributed by atoms with Crippen molar-refractivity contribution in [1.29, 1.82) is 0 Å². The average Bonchev–Trinajstić information content (AvgIpc) is 3.30. The highest BCUT2D eigenvalue weighted by Gasteiger charge is 2.17. The molecule has 5 heteroatoms. The number of carbonyl (C=O) groups is 2. The molecule has 0 fully saturated rings. The summed E-state index contributed by atoms with van der Waals surface area (Å²) >= 11 is 0. The second-order valence-electron chi connectivity index (χ2n) is 17.4. The predicted octanol–water partition coefficient (Wildman–Crippen LogP) is 18.2. The number of ether oxygens (including phenoxy) is 3. The van der Waals surface area contributed by atoms with Crippen LogP contribution in [0.25, 0.3) is 0 Å². The zero-order valence-electron chi connectivity index (χ0n) is 42.0. The van der Waals surface area contributed by atoms with Gasteiger partial charge in [-0.05, 0) is 116 Å². The molecule has 0 radical (unpaired) electrons. The summed E-state index contributed by atoms with van der Waals surface area (Å²) in [4.78, 5) is 25.5. The second-order valence-corrected chi connectivity index (χ2v) is 17.4. The molecule has 0 aliphatic carbocycles. The fraction of sp³-hybridized carbons (Fsp3) is 0.695. The van der Waals surface area contributed by atoms with Crippen molar-refractivity contribution >= 4 is 11.9 Å². The van der Waals surface area contributed by atoms with Crippen LogP contribution >= 0.6 is 0 Å². The predicted molar refractivity (Wildman–Crippen MR) is 279 cm³/mol. The number of hydrogen-bond acceptors (Lipinski definition) is 5. The van der Waals surface area contributed by atoms with E-state index in [9.17, 15) is 9.59 Å². The highest BCUT2D eigenvalue weighted by Crippen LogP contribution is 2.13. The van der Waals surface area contributed by atoms with Crippen LogP contribution in [-0.4, -0.2) is 37.9 Å². The molecule has 366 valence electrons. The first kappa shape index (κ1) is 60.8. The van der Waals surface area contributed by atoms with Gasteiger partial charge in [0.2, 0.25) is 0 Å². The summed E-state index contributed by atoms with van der Waals surface area (Å²) in [5.41, 5.74) is 0. The molecule has 0 aliphatic rings. The lowest BCUT2D eigenvalue weighted by molar-refractivity contribution is -0.163. The van der Waals surface area contributed by atoms with Gasteiger partial charge in [-0.15, -0.1) is 0 Å². The number of carbonyl (C=O) groups excluding carboxylic acids is 2. The molecule has 0 saturated carbocycles. The maximum Gasteiger partial charge on any atom is 0.306 e. The van der Waals surface area contributed by atoms with Crippen molar-refractivity contribution in [3.8, 4) is 0 Å². The van der Waals surface area contributed by atoms with Crippen molar-refractivity contribution in [1.82, 2.24) is 0 Å². The molecule has 0 aromatic rings. The lowest BCUT2D eigenvalue weighted by Crippen LogP contribution is -2.30. The van der Waals surface area contributed by atoms with Gasteiger partial charge in [-0.25, -0.2) is 0 Å². The van der Waals surface area contributed by atoms with Crippen LogP contribution in [0.2, 0.25) is 0 Å². The minimum atomic E-state index is -0.562. The highest BCUT2D eigenvalue weighted by atomic mass is 16.6. The maximum atomic E-state index is 12.8. The molecule has 0 rings (SSSR count). The van der Waals surface area contributed by atoms with Gasteiger partial charge in [-0.2, -0.15) is 0 Å². The zero-order valence-corrected chi connectivity index (χ0v) is 42.0. The van der Waals surface area contributed by atoms with Gasteiger partial charge in [0.05, 0.1) is 6.61 Å². The van der Waals surface area contributed by atoms with E-state index in [1.165, 1.54) is 103 Å². The summed E-state index contributed by atoms with van der Waals surface area (Å²) in [6, 6.07) is 0. The summed E-state index contributed by atoms with van der Waals surface area (Å²) in [5.74, 6) is -0.441. The van der Waals surface area contributed by atoms with Crippen molar-refractivity contribution < 1.29 is 23.8 Å². The van der Waals surface area contributed by atoms with Crippen molar-refractivity contribution in [3.63, 3.8) is 0 Å². The van der Waals surface area contributed by atoms with Crippen LogP contribution in [0.3, 0.4) is 0 Å². The summed E-state index contributed by atoms with van der Waals surface area (Å²) in [5, 5.41) is 0. The molecule has 0 aromatic carbocycles. The standard InChI is InChI=1S/C59H100O5/c1-4-7-10-13-16-19-22-25-28-30-32-34-37-40-43-46-49-52-58(60)63-56-57(55-62-54-51-48-45-42-39-36-27-24-21-18-15-12-9-6-3)64-59(61)53-50-47-44-41-38-35-33-31-29-26-23-20-17-14-11-8-5-2/h7,10,12,15-17,19-21,24-26,28-29,32,34,57H,4-6,8-9,11,13-14,18,22-23,27,30-31,33,35-56H2,1-3H3/b10-7-,15-12-,19-16-,20-17-,24-21-,28-25-,29-26-,34-32-. The first-order chi connectivity index (χ1) is 31.6. The van der Waals surface area contributed by atoms with E-state index in [1.807, 2.05) is 0 Å². The highest BCUT2D eigenvalue weighted by molar-refractivity contribution is 5.70. The summed E-state index contributed by atoms with van der Waals surface area (Å²) < 4.78 is 17.4. The van der Waals surface area contributed by atoms with Crippen LogP contribution < -0.4 is 0 Å². The molecule has 0 N–H and O–H groups in total. The van der Waals surface area contributed by atoms with Gasteiger partial charge < -0.3 is 14.2 Å². The third-order valence-corrected chi connectivity index (χ3v) is 11.1. The molecule has 0 aromatic heterocycles. The van der Waals surface area contributed by atoms with Gasteiger partial charge in [0.25, 0.3) is 0 Å². The Hall–Kier alpha value is -3.18. The van der Waals surface area contributed by atoms with Crippen LogP contribution in [0.1, 0.15) is 239 Å². The van der Waals surface area contributed by atoms with E-state index in [0.717, 1.165) is 103 Å². The third kappa shape index (κ3) is 51.5. The Morgan fingerprint density at radius 2 is 0.734 bits per heavy atom. The van der Waals surface area contributed by atoms with Crippen molar-refractivity contribution in [2.45, 2.75) is 245 Å². The van der Waals surface area contributed by atoms with Crippen LogP contribution in [0.15, 0.2) is 97.2 Å². The van der Waals surface area contributed by atoms with E-state index in [1.54, 1.807) is 0 Å². The summed E-state index contributed by atoms with van der Waals surface area (Å²) in [7, 11) is 0. The molecule has 0 amide bonds. The van der Waals surface area contributed by atoms with Gasteiger partial charge in [-0.3, -0.25) is 9.59 Å². The smallest absolute Gasteiger partial charge is 0.306 e. The van der Waals surface area contributed by atoms with Crippen molar-refractivity contribution in [2.24, 2.45) is 0 Å². The molecule has 0 spiro atoms. The van der Waals surface area contributed by atoms with Crippen LogP contribution in [0, 0.1) is 0 Å². The molecule has 5 nitrogen and oxygen atoms in total. The fourth-order valence-electron chi connectivity index (χ4n) is 7.10. The van der Waals surface area contributed by atoms with Gasteiger partial charge in [-0.1, -0.05) is 208 Å². The summed E-state index contributed by atoms with van der Waals surface area (Å²) in [6.45, 7) is 7.57. The lowest BCUT2D eigenvalue weighted by Gasteiger charge is -2.18. The Kier molecular flexibility index (Phi) is 51.5. The minimum absolute atomic E-state index is 0.0603. The zero-order chi connectivity index (χ0) is 46.3. The van der Waals surface area contributed by atoms with Gasteiger partial charge in [0.15, 0.2) is 6.10 Å². The lowest BCUT2D eigenvalue weighted by atomic mass is 10.1. The molecular weight excluding hydrogens is 789 g/mol. The van der Waals surface area contributed by atoms with E-state index in [4.69, 9.17) is 14.2 Å². The van der Waals surface area contributed by atoms with Crippen molar-refractivity contribution in [3.05, 3.63) is 97.2 Å². The molecule has 1 unspecified atom stereocenters. The first-order valence-electron chi connectivity index (χ1n) is 26.8. The van der Waals surface area contributed by atoms with Crippen LogP contribution in [0.5, 0.6) is 0 Å². The van der Waals surface area contributed by atoms with E-state index < -0.39 is 6.10 Å². The second kappa shape index (κ2) is 54.2. The third-order valence-electron chi connectivity index (χ3n) is 11.1. The first-order valence-corrected chi connectivity index (χ1v) is 26.8. The van der Waals surface area contributed by atoms with Crippen LogP contribution in [0.4, 0.5) is 0 Å². The molecule has 0 saturated heterocycles. The Morgan fingerprint density at radius 3 is 1.19 bits per heavy atom. The number of esters is 2. The fourth-order valence-corrected chi connectivity index (χ4v) is 7.10. The number of unbranched alkanes of at least 4 members (excludes halogenated alkanes) is 21. The Morgan fingerprint density at radius 1 is 0.359 bits per heavy atom. The van der Waals surface area contributed by atoms with E-state index in [2.05, 4.69) is 118 Å². The van der Waals surface area contributed by atoms with Gasteiger partial charge >= 0.3 is 11.9 Å². The Balaban J connectivity index is 4.36. The number of rotatable bonds is 48. The molecule has 0 heterocycles. The molecule has 64 heavy (non-hydrogen) atoms. The minimum Gasteiger partial charge on any atom is -0.462 e. The van der Waals surface area contributed by atoms with E-state index in [0.29, 0.717) is 19.4 Å². The van der Waals surface area contributed by atoms with E-state index in [-0.39, 0.29) is 25.2 Å². The summed E-state index contributed by atoms with van der Waals surface area (Å²) in [6.07, 6.45) is 72.7. The number of allylic oxidation sites excluding steroid dienone is 16. The average molecular weight is 889 g/mol. The van der Waals surface area contributed by atoms with Crippen LogP contribution in [-0.2, 0) is 23.8 Å². The van der Waals surface area contributed by atoms with Gasteiger partial charge in [0.1, 0.15) is 6.61 Å². The normalized spacial score (nSPS) is 13.0. The Labute approximate surface area is 396 Å². The molecule has 0 aliphatic heterocycles. The SMILES string of the molecule is CC/C=C\C/C=C\C/C=C\C/C=C\CCCCCCC(=O)OCC(COCCCCCCCC/C=C\C/C=C\CCC)OC(=O)CCCCCCCCC/C=C\C/C=C\CCCCC. The maximum absolute atomic E-state index is 12.8. The van der Waals surface area contributed by atoms with Crippen molar-refractivity contribution in [2.75, 3.05) is 19.8 Å². The Bertz CT molecular complexity index is 1230. The van der Waals surface area contributed by atoms with Gasteiger partial charge in [0, 0.05) is 19.4 Å².